The second-order valence-corrected chi connectivity index (χ2v) is 13.0. The molecule has 1 saturated carbocycles. The Hall–Kier alpha value is -2.98. The number of ether oxygens (including phenoxy) is 3. The summed E-state index contributed by atoms with van der Waals surface area (Å²) in [6.07, 6.45) is 5.99. The van der Waals surface area contributed by atoms with Gasteiger partial charge >= 0.3 is 5.97 Å². The number of benzene rings is 2. The smallest absolute Gasteiger partial charge is 0.338 e. The van der Waals surface area contributed by atoms with Crippen LogP contribution < -0.4 is 14.8 Å². The van der Waals surface area contributed by atoms with Crippen molar-refractivity contribution in [2.24, 2.45) is 5.92 Å². The standard InChI is InChI=1S/C32H39BrN4O4S/c1-20(2)15-16-40-29-25(33)17-23(18-26(29)39-4)28-27(30(38)41-24-13-9-6-10-14-24)21(3)34-31-35-32(36-37(28)31)42-19-22-11-7-5-8-12-22/h5,7-8,11-12,17-18,20,24,28H,6,9-10,13-16,19H2,1-4H3,(H,34,35,36). The molecule has 5 rings (SSSR count). The summed E-state index contributed by atoms with van der Waals surface area (Å²) < 4.78 is 20.5. The number of methoxy groups -OCH3 is 1. The molecule has 0 saturated heterocycles. The zero-order valence-electron chi connectivity index (χ0n) is 24.7. The van der Waals surface area contributed by atoms with E-state index in [1.165, 1.54) is 12.0 Å². The van der Waals surface area contributed by atoms with Gasteiger partial charge in [0, 0.05) is 11.4 Å². The van der Waals surface area contributed by atoms with Crippen molar-refractivity contribution in [3.63, 3.8) is 0 Å². The third kappa shape index (κ3) is 7.14. The highest BCUT2D eigenvalue weighted by molar-refractivity contribution is 9.10. The van der Waals surface area contributed by atoms with Gasteiger partial charge in [-0.3, -0.25) is 0 Å². The predicted octanol–water partition coefficient (Wildman–Crippen LogP) is 7.93. The summed E-state index contributed by atoms with van der Waals surface area (Å²) in [5.74, 6) is 2.73. The highest BCUT2D eigenvalue weighted by atomic mass is 79.9. The quantitative estimate of drug-likeness (QED) is 0.165. The van der Waals surface area contributed by atoms with Gasteiger partial charge in [0.2, 0.25) is 11.1 Å². The van der Waals surface area contributed by atoms with Crippen LogP contribution in [0.25, 0.3) is 0 Å². The van der Waals surface area contributed by atoms with Crippen molar-refractivity contribution in [1.82, 2.24) is 14.8 Å². The lowest BCUT2D eigenvalue weighted by Gasteiger charge is -2.30. The number of allylic oxidation sites excluding steroid dienone is 1. The van der Waals surface area contributed by atoms with Gasteiger partial charge in [-0.15, -0.1) is 5.10 Å². The first-order chi connectivity index (χ1) is 20.3. The van der Waals surface area contributed by atoms with Crippen molar-refractivity contribution in [2.75, 3.05) is 19.0 Å². The first-order valence-electron chi connectivity index (χ1n) is 14.7. The molecule has 0 spiro atoms. The minimum atomic E-state index is -0.564. The second kappa shape index (κ2) is 14.0. The average molecular weight is 656 g/mol. The molecule has 1 unspecified atom stereocenters. The number of halogens is 1. The van der Waals surface area contributed by atoms with E-state index in [1.54, 1.807) is 23.6 Å². The van der Waals surface area contributed by atoms with E-state index < -0.39 is 6.04 Å². The van der Waals surface area contributed by atoms with Crippen LogP contribution in [0.5, 0.6) is 11.5 Å². The minimum absolute atomic E-state index is 0.0701. The topological polar surface area (TPSA) is 87.5 Å². The number of thioether (sulfide) groups is 1. The molecule has 1 N–H and O–H groups in total. The van der Waals surface area contributed by atoms with E-state index in [2.05, 4.69) is 47.2 Å². The summed E-state index contributed by atoms with van der Waals surface area (Å²) in [4.78, 5) is 18.6. The number of aromatic nitrogens is 3. The van der Waals surface area contributed by atoms with E-state index in [-0.39, 0.29) is 12.1 Å². The largest absolute Gasteiger partial charge is 0.493 e. The first-order valence-corrected chi connectivity index (χ1v) is 16.4. The van der Waals surface area contributed by atoms with E-state index in [9.17, 15) is 4.79 Å². The minimum Gasteiger partial charge on any atom is -0.493 e. The van der Waals surface area contributed by atoms with Gasteiger partial charge in [-0.2, -0.15) is 4.98 Å². The summed E-state index contributed by atoms with van der Waals surface area (Å²) in [6.45, 7) is 6.81. The molecule has 0 amide bonds. The molecule has 3 aromatic rings. The third-order valence-electron chi connectivity index (χ3n) is 7.60. The molecule has 224 valence electrons. The SMILES string of the molecule is COc1cc(C2C(C(=O)OC3CCCCC3)=C(C)Nc3nc(SCc4ccccc4)nn32)cc(Br)c1OCCC(C)C. The van der Waals surface area contributed by atoms with E-state index >= 15 is 0 Å². The molecule has 0 radical (unpaired) electrons. The summed E-state index contributed by atoms with van der Waals surface area (Å²) in [5, 5.41) is 8.84. The summed E-state index contributed by atoms with van der Waals surface area (Å²) in [7, 11) is 1.63. The number of rotatable bonds is 11. The van der Waals surface area contributed by atoms with Crippen molar-refractivity contribution in [3.8, 4) is 11.5 Å². The molecule has 10 heteroatoms. The lowest BCUT2D eigenvalue weighted by atomic mass is 9.94. The number of esters is 1. The third-order valence-corrected chi connectivity index (χ3v) is 9.10. The van der Waals surface area contributed by atoms with Crippen LogP contribution in [0.4, 0.5) is 5.95 Å². The van der Waals surface area contributed by atoms with Gasteiger partial charge in [0.05, 0.1) is 23.8 Å². The van der Waals surface area contributed by atoms with Gasteiger partial charge in [-0.25, -0.2) is 9.48 Å². The van der Waals surface area contributed by atoms with Crippen molar-refractivity contribution in [3.05, 3.63) is 69.3 Å². The van der Waals surface area contributed by atoms with Gasteiger partial charge in [0.15, 0.2) is 11.5 Å². The van der Waals surface area contributed by atoms with Gasteiger partial charge in [0.1, 0.15) is 12.1 Å². The van der Waals surface area contributed by atoms with E-state index in [0.29, 0.717) is 46.4 Å². The number of hydrogen-bond acceptors (Lipinski definition) is 8. The molecule has 0 bridgehead atoms. The molecule has 1 aromatic heterocycles. The molecular formula is C32H39BrN4O4S. The van der Waals surface area contributed by atoms with E-state index in [0.717, 1.165) is 47.9 Å². The van der Waals surface area contributed by atoms with Crippen LogP contribution >= 0.6 is 27.7 Å². The maximum atomic E-state index is 13.8. The van der Waals surface area contributed by atoms with Crippen molar-refractivity contribution in [2.45, 2.75) is 82.4 Å². The van der Waals surface area contributed by atoms with Gasteiger partial charge in [0.25, 0.3) is 0 Å². The Bertz CT molecular complexity index is 1420. The Balaban J connectivity index is 1.50. The molecule has 2 heterocycles. The van der Waals surface area contributed by atoms with Crippen LogP contribution in [-0.2, 0) is 15.3 Å². The van der Waals surface area contributed by atoms with Gasteiger partial charge in [-0.1, -0.05) is 62.4 Å². The molecule has 8 nitrogen and oxygen atoms in total. The highest BCUT2D eigenvalue weighted by Gasteiger charge is 2.37. The highest BCUT2D eigenvalue weighted by Crippen LogP contribution is 2.43. The van der Waals surface area contributed by atoms with Gasteiger partial charge in [-0.05, 0) is 84.1 Å². The summed E-state index contributed by atoms with van der Waals surface area (Å²) >= 11 is 5.27. The number of nitrogens with one attached hydrogen (secondary N) is 1. The molecule has 2 aliphatic rings. The maximum absolute atomic E-state index is 13.8. The number of hydrogen-bond donors (Lipinski definition) is 1. The molecule has 1 fully saturated rings. The zero-order valence-corrected chi connectivity index (χ0v) is 27.1. The monoisotopic (exact) mass is 654 g/mol. The number of anilines is 1. The molecule has 2 aromatic carbocycles. The Labute approximate surface area is 260 Å². The normalized spacial score (nSPS) is 17.1. The van der Waals surface area contributed by atoms with Crippen LogP contribution in [0.3, 0.4) is 0 Å². The lowest BCUT2D eigenvalue weighted by molar-refractivity contribution is -0.146. The fourth-order valence-corrected chi connectivity index (χ4v) is 6.68. The molecule has 42 heavy (non-hydrogen) atoms. The van der Waals surface area contributed by atoms with Crippen molar-refractivity contribution >= 4 is 39.6 Å². The molecule has 1 aliphatic carbocycles. The molecular weight excluding hydrogens is 616 g/mol. The molecule has 1 aliphatic heterocycles. The summed E-state index contributed by atoms with van der Waals surface area (Å²) in [6, 6.07) is 13.6. The maximum Gasteiger partial charge on any atom is 0.338 e. The van der Waals surface area contributed by atoms with Gasteiger partial charge < -0.3 is 19.5 Å². The number of fused-ring (bicyclic) bond motifs is 1. The average Bonchev–Trinajstić information content (AvgIpc) is 3.39. The molecule has 1 atom stereocenters. The fourth-order valence-electron chi connectivity index (χ4n) is 5.32. The van der Waals surface area contributed by atoms with E-state index in [4.69, 9.17) is 24.3 Å². The predicted molar refractivity (Wildman–Crippen MR) is 169 cm³/mol. The van der Waals surface area contributed by atoms with Crippen LogP contribution in [0.15, 0.2) is 63.4 Å². The Morgan fingerprint density at radius 3 is 2.64 bits per heavy atom. The Kier molecular flexibility index (Phi) is 10.2. The van der Waals surface area contributed by atoms with Crippen LogP contribution in [-0.4, -0.2) is 40.6 Å². The Morgan fingerprint density at radius 2 is 1.93 bits per heavy atom. The second-order valence-electron chi connectivity index (χ2n) is 11.2. The van der Waals surface area contributed by atoms with Crippen LogP contribution in [0.2, 0.25) is 0 Å². The lowest BCUT2D eigenvalue weighted by Crippen LogP contribution is -2.32. The Morgan fingerprint density at radius 1 is 1.17 bits per heavy atom. The number of carbonyl (C=O) groups is 1. The summed E-state index contributed by atoms with van der Waals surface area (Å²) in [5.41, 5.74) is 3.22. The van der Waals surface area contributed by atoms with E-state index in [1.807, 2.05) is 37.3 Å². The first kappa shape index (κ1) is 30.5. The van der Waals surface area contributed by atoms with Crippen molar-refractivity contribution in [1.29, 1.82) is 0 Å². The van der Waals surface area contributed by atoms with Crippen LogP contribution in [0, 0.1) is 5.92 Å². The van der Waals surface area contributed by atoms with Crippen LogP contribution in [0.1, 0.15) is 76.5 Å². The fraction of sp³-hybridized carbons (Fsp3) is 0.469. The number of carbonyl (C=O) groups excluding carboxylic acids is 1. The number of nitrogens with zero attached hydrogens (tertiary/aromatic N) is 3. The van der Waals surface area contributed by atoms with Crippen molar-refractivity contribution < 1.29 is 19.0 Å². The zero-order chi connectivity index (χ0) is 29.6.